The van der Waals surface area contributed by atoms with Gasteiger partial charge in [0.15, 0.2) is 6.10 Å². The molecule has 0 aromatic heterocycles. The Balaban J connectivity index is 2.07. The van der Waals surface area contributed by atoms with Crippen molar-refractivity contribution < 1.29 is 19.1 Å². The average molecular weight is 342 g/mol. The average Bonchev–Trinajstić information content (AvgIpc) is 2.54. The van der Waals surface area contributed by atoms with Gasteiger partial charge in [0.1, 0.15) is 5.75 Å². The number of nitrogens with one attached hydrogen (secondary N) is 1. The van der Waals surface area contributed by atoms with E-state index in [1.54, 1.807) is 18.2 Å². The van der Waals surface area contributed by atoms with Gasteiger partial charge in [-0.25, -0.2) is 4.79 Å². The summed E-state index contributed by atoms with van der Waals surface area (Å²) in [4.78, 5) is 25.1. The van der Waals surface area contributed by atoms with Crippen molar-refractivity contribution in [2.45, 2.75) is 19.4 Å². The summed E-state index contributed by atoms with van der Waals surface area (Å²) in [5.74, 6) is -0.0402. The minimum absolute atomic E-state index is 0.118. The standard InChI is InChI=1S/C15H20ClN3O4/c1-2-6-22-12-4-3-10(16)8-11(12)18-15(21)19-5-7-23-13(9-19)14(17)20/h3-4,8,13H,2,5-7,9H2,1H3,(H2,17,20)(H,18,21)/t13-/m0/s1. The first-order valence-electron chi connectivity index (χ1n) is 7.40. The highest BCUT2D eigenvalue weighted by Gasteiger charge is 2.28. The van der Waals surface area contributed by atoms with Gasteiger partial charge in [0.25, 0.3) is 0 Å². The SMILES string of the molecule is CCCOc1ccc(Cl)cc1NC(=O)N1CCO[C@H](C(N)=O)C1. The molecule has 0 radical (unpaired) electrons. The van der Waals surface area contributed by atoms with Crippen molar-refractivity contribution in [1.82, 2.24) is 4.90 Å². The molecule has 1 aromatic carbocycles. The van der Waals surface area contributed by atoms with Crippen LogP contribution in [0.2, 0.25) is 5.02 Å². The third-order valence-electron chi connectivity index (χ3n) is 3.32. The van der Waals surface area contributed by atoms with Crippen LogP contribution in [-0.2, 0) is 9.53 Å². The Morgan fingerprint density at radius 2 is 2.30 bits per heavy atom. The Labute approximate surface area is 139 Å². The molecule has 126 valence electrons. The fourth-order valence-corrected chi connectivity index (χ4v) is 2.31. The number of carbonyl (C=O) groups excluding carboxylic acids is 2. The summed E-state index contributed by atoms with van der Waals surface area (Å²) >= 11 is 5.98. The van der Waals surface area contributed by atoms with Crippen molar-refractivity contribution >= 4 is 29.2 Å². The molecule has 1 aromatic rings. The highest BCUT2D eigenvalue weighted by molar-refractivity contribution is 6.31. The third kappa shape index (κ3) is 4.74. The molecule has 1 aliphatic heterocycles. The molecule has 0 unspecified atom stereocenters. The largest absolute Gasteiger partial charge is 0.491 e. The van der Waals surface area contributed by atoms with Crippen molar-refractivity contribution in [3.05, 3.63) is 23.2 Å². The van der Waals surface area contributed by atoms with E-state index in [0.29, 0.717) is 29.6 Å². The molecule has 0 aliphatic carbocycles. The number of carbonyl (C=O) groups is 2. The zero-order valence-corrected chi connectivity index (χ0v) is 13.6. The number of halogens is 1. The molecule has 0 bridgehead atoms. The van der Waals surface area contributed by atoms with Crippen LogP contribution in [0, 0.1) is 0 Å². The Hall–Kier alpha value is -1.99. The first-order valence-corrected chi connectivity index (χ1v) is 7.78. The van der Waals surface area contributed by atoms with Gasteiger partial charge in [-0.15, -0.1) is 0 Å². The lowest BCUT2D eigenvalue weighted by molar-refractivity contribution is -0.133. The second-order valence-corrected chi connectivity index (χ2v) is 5.56. The molecular weight excluding hydrogens is 322 g/mol. The number of primary amides is 1. The van der Waals surface area contributed by atoms with Crippen LogP contribution in [-0.4, -0.2) is 49.2 Å². The minimum atomic E-state index is -0.787. The topological polar surface area (TPSA) is 93.9 Å². The molecule has 3 amide bonds. The zero-order chi connectivity index (χ0) is 16.8. The van der Waals surface area contributed by atoms with E-state index in [9.17, 15) is 9.59 Å². The molecule has 2 rings (SSSR count). The molecule has 8 heteroatoms. The van der Waals surface area contributed by atoms with Gasteiger partial charge in [-0.1, -0.05) is 18.5 Å². The van der Waals surface area contributed by atoms with E-state index in [1.807, 2.05) is 6.92 Å². The summed E-state index contributed by atoms with van der Waals surface area (Å²) in [6, 6.07) is 4.67. The van der Waals surface area contributed by atoms with Gasteiger partial charge in [0.05, 0.1) is 25.4 Å². The number of nitrogens with zero attached hydrogens (tertiary/aromatic N) is 1. The van der Waals surface area contributed by atoms with E-state index in [-0.39, 0.29) is 19.2 Å². The normalized spacial score (nSPS) is 17.7. The van der Waals surface area contributed by atoms with Crippen LogP contribution in [0.5, 0.6) is 5.75 Å². The van der Waals surface area contributed by atoms with Crippen molar-refractivity contribution in [1.29, 1.82) is 0 Å². The number of rotatable bonds is 5. The van der Waals surface area contributed by atoms with Crippen LogP contribution in [0.3, 0.4) is 0 Å². The maximum absolute atomic E-state index is 12.4. The monoisotopic (exact) mass is 341 g/mol. The Morgan fingerprint density at radius 3 is 3.00 bits per heavy atom. The molecule has 1 atom stereocenters. The van der Waals surface area contributed by atoms with Crippen LogP contribution in [0.25, 0.3) is 0 Å². The number of hydrogen-bond donors (Lipinski definition) is 2. The van der Waals surface area contributed by atoms with Gasteiger partial charge in [-0.05, 0) is 24.6 Å². The lowest BCUT2D eigenvalue weighted by atomic mass is 10.2. The molecule has 0 spiro atoms. The molecule has 3 N–H and O–H groups in total. The molecule has 7 nitrogen and oxygen atoms in total. The number of urea groups is 1. The maximum Gasteiger partial charge on any atom is 0.322 e. The van der Waals surface area contributed by atoms with Crippen LogP contribution in [0.4, 0.5) is 10.5 Å². The van der Waals surface area contributed by atoms with Crippen LogP contribution >= 0.6 is 11.6 Å². The van der Waals surface area contributed by atoms with Crippen molar-refractivity contribution in [2.75, 3.05) is 31.6 Å². The summed E-state index contributed by atoms with van der Waals surface area (Å²) < 4.78 is 10.8. The smallest absolute Gasteiger partial charge is 0.322 e. The Bertz CT molecular complexity index is 582. The molecule has 1 heterocycles. The fourth-order valence-electron chi connectivity index (χ4n) is 2.14. The van der Waals surface area contributed by atoms with E-state index in [2.05, 4.69) is 5.32 Å². The van der Waals surface area contributed by atoms with Crippen LogP contribution < -0.4 is 15.8 Å². The lowest BCUT2D eigenvalue weighted by Gasteiger charge is -2.31. The number of benzene rings is 1. The van der Waals surface area contributed by atoms with Gasteiger partial charge >= 0.3 is 6.03 Å². The van der Waals surface area contributed by atoms with Crippen molar-refractivity contribution in [3.63, 3.8) is 0 Å². The second-order valence-electron chi connectivity index (χ2n) is 5.13. The van der Waals surface area contributed by atoms with E-state index in [0.717, 1.165) is 6.42 Å². The Morgan fingerprint density at radius 1 is 1.52 bits per heavy atom. The minimum Gasteiger partial charge on any atom is -0.491 e. The van der Waals surface area contributed by atoms with Crippen LogP contribution in [0.1, 0.15) is 13.3 Å². The van der Waals surface area contributed by atoms with Gasteiger partial charge in [0.2, 0.25) is 5.91 Å². The number of amides is 3. The first-order chi connectivity index (χ1) is 11.0. The number of morpholine rings is 1. The highest BCUT2D eigenvalue weighted by Crippen LogP contribution is 2.28. The maximum atomic E-state index is 12.4. The quantitative estimate of drug-likeness (QED) is 0.854. The van der Waals surface area contributed by atoms with Crippen LogP contribution in [0.15, 0.2) is 18.2 Å². The Kier molecular flexibility index (Phi) is 6.06. The molecular formula is C15H20ClN3O4. The van der Waals surface area contributed by atoms with E-state index in [4.69, 9.17) is 26.8 Å². The second kappa shape index (κ2) is 8.03. The fraction of sp³-hybridized carbons (Fsp3) is 0.467. The highest BCUT2D eigenvalue weighted by atomic mass is 35.5. The molecule has 1 fully saturated rings. The van der Waals surface area contributed by atoms with Crippen molar-refractivity contribution in [3.8, 4) is 5.75 Å². The lowest BCUT2D eigenvalue weighted by Crippen LogP contribution is -2.51. The predicted molar refractivity (Wildman–Crippen MR) is 86.8 cm³/mol. The predicted octanol–water partition coefficient (Wildman–Crippen LogP) is 1.85. The zero-order valence-electron chi connectivity index (χ0n) is 12.9. The van der Waals surface area contributed by atoms with E-state index in [1.165, 1.54) is 4.90 Å². The van der Waals surface area contributed by atoms with E-state index < -0.39 is 12.0 Å². The van der Waals surface area contributed by atoms with Gasteiger partial charge < -0.3 is 25.4 Å². The number of nitrogens with two attached hydrogens (primary N) is 1. The van der Waals surface area contributed by atoms with Gasteiger partial charge in [-0.2, -0.15) is 0 Å². The number of ether oxygens (including phenoxy) is 2. The molecule has 23 heavy (non-hydrogen) atoms. The summed E-state index contributed by atoms with van der Waals surface area (Å²) in [6.07, 6.45) is 0.0597. The summed E-state index contributed by atoms with van der Waals surface area (Å²) in [7, 11) is 0. The summed E-state index contributed by atoms with van der Waals surface area (Å²) in [5.41, 5.74) is 5.71. The molecule has 1 saturated heterocycles. The number of anilines is 1. The first kappa shape index (κ1) is 17.4. The third-order valence-corrected chi connectivity index (χ3v) is 3.55. The molecule has 0 saturated carbocycles. The van der Waals surface area contributed by atoms with Gasteiger partial charge in [0, 0.05) is 11.6 Å². The molecule has 1 aliphatic rings. The number of hydrogen-bond acceptors (Lipinski definition) is 4. The summed E-state index contributed by atoms with van der Waals surface area (Å²) in [5, 5.41) is 3.25. The van der Waals surface area contributed by atoms with Gasteiger partial charge in [-0.3, -0.25) is 4.79 Å². The summed E-state index contributed by atoms with van der Waals surface area (Å²) in [6.45, 7) is 3.28. The van der Waals surface area contributed by atoms with E-state index >= 15 is 0 Å². The van der Waals surface area contributed by atoms with Crippen molar-refractivity contribution in [2.24, 2.45) is 5.73 Å².